The average molecular weight is 360 g/mol. The molecule has 0 aromatic carbocycles. The summed E-state index contributed by atoms with van der Waals surface area (Å²) in [5.74, 6) is -1.63. The summed E-state index contributed by atoms with van der Waals surface area (Å²) in [6, 6.07) is 2.46. The molecule has 138 valence electrons. The summed E-state index contributed by atoms with van der Waals surface area (Å²) in [6.45, 7) is 0.0834. The lowest BCUT2D eigenvalue weighted by Crippen LogP contribution is -2.46. The van der Waals surface area contributed by atoms with E-state index in [1.807, 2.05) is 0 Å². The van der Waals surface area contributed by atoms with Crippen LogP contribution in [0.5, 0.6) is 0 Å². The van der Waals surface area contributed by atoms with Gasteiger partial charge >= 0.3 is 5.97 Å². The summed E-state index contributed by atoms with van der Waals surface area (Å²) in [4.78, 5) is 37.2. The Balaban J connectivity index is 1.73. The summed E-state index contributed by atoms with van der Waals surface area (Å²) in [6.07, 6.45) is 4.19. The fourth-order valence-corrected chi connectivity index (χ4v) is 3.25. The molecule has 2 atom stereocenters. The van der Waals surface area contributed by atoms with Crippen LogP contribution in [0, 0.1) is 5.92 Å². The van der Waals surface area contributed by atoms with Crippen LogP contribution in [-0.2, 0) is 23.2 Å². The highest BCUT2D eigenvalue weighted by molar-refractivity contribution is 5.85. The van der Waals surface area contributed by atoms with Crippen LogP contribution in [0.4, 0.5) is 0 Å². The molecule has 1 fully saturated rings. The van der Waals surface area contributed by atoms with E-state index >= 15 is 0 Å². The van der Waals surface area contributed by atoms with Crippen molar-refractivity contribution in [1.29, 1.82) is 0 Å². The molecule has 1 aliphatic rings. The Hall–Kier alpha value is -3.10. The van der Waals surface area contributed by atoms with Gasteiger partial charge in [0.1, 0.15) is 5.76 Å². The molecule has 3 heterocycles. The lowest BCUT2D eigenvalue weighted by molar-refractivity contribution is -0.141. The molecule has 0 spiro atoms. The van der Waals surface area contributed by atoms with Gasteiger partial charge in [-0.05, 0) is 18.6 Å². The zero-order chi connectivity index (χ0) is 18.8. The first kappa shape index (κ1) is 17.7. The van der Waals surface area contributed by atoms with Gasteiger partial charge in [-0.15, -0.1) is 0 Å². The van der Waals surface area contributed by atoms with Gasteiger partial charge in [0.25, 0.3) is 0 Å². The van der Waals surface area contributed by atoms with Crippen LogP contribution in [0.3, 0.4) is 0 Å². The summed E-state index contributed by atoms with van der Waals surface area (Å²) < 4.78 is 6.78. The largest absolute Gasteiger partial charge is 0.475 e. The van der Waals surface area contributed by atoms with Gasteiger partial charge in [0.2, 0.25) is 17.6 Å². The highest BCUT2D eigenvalue weighted by Gasteiger charge is 2.39. The highest BCUT2D eigenvalue weighted by Crippen LogP contribution is 2.35. The van der Waals surface area contributed by atoms with Crippen LogP contribution < -0.4 is 5.32 Å². The number of likely N-dealkylation sites (tertiary alicyclic amines) is 1. The van der Waals surface area contributed by atoms with Gasteiger partial charge in [0, 0.05) is 32.3 Å². The van der Waals surface area contributed by atoms with E-state index in [-0.39, 0.29) is 24.1 Å². The number of hydrogen-bond acceptors (Lipinski definition) is 5. The molecule has 3 rings (SSSR count). The van der Waals surface area contributed by atoms with E-state index in [2.05, 4.69) is 10.4 Å². The second-order valence-corrected chi connectivity index (χ2v) is 6.33. The number of rotatable bonds is 5. The summed E-state index contributed by atoms with van der Waals surface area (Å²) in [5, 5.41) is 15.8. The third-order valence-electron chi connectivity index (χ3n) is 4.57. The van der Waals surface area contributed by atoms with Crippen molar-refractivity contribution in [3.8, 4) is 0 Å². The van der Waals surface area contributed by atoms with Crippen molar-refractivity contribution in [2.24, 2.45) is 13.0 Å². The van der Waals surface area contributed by atoms with Crippen LogP contribution in [0.15, 0.2) is 28.9 Å². The van der Waals surface area contributed by atoms with Gasteiger partial charge in [-0.2, -0.15) is 5.10 Å². The number of hydrogen-bond donors (Lipinski definition) is 2. The normalized spacial score (nSPS) is 20.2. The van der Waals surface area contributed by atoms with Gasteiger partial charge in [0.15, 0.2) is 0 Å². The Morgan fingerprint density at radius 2 is 2.15 bits per heavy atom. The fourth-order valence-electron chi connectivity index (χ4n) is 3.25. The molecule has 0 aliphatic carbocycles. The number of piperidine rings is 1. The number of carbonyl (C=O) groups is 3. The monoisotopic (exact) mass is 360 g/mol. The molecule has 2 N–H and O–H groups in total. The first-order chi connectivity index (χ1) is 12.4. The number of aryl methyl sites for hydroxylation is 1. The van der Waals surface area contributed by atoms with Crippen molar-refractivity contribution < 1.29 is 23.9 Å². The maximum absolute atomic E-state index is 12.7. The minimum absolute atomic E-state index is 0.0139. The number of nitrogens with zero attached hydrogens (tertiary/aromatic N) is 3. The van der Waals surface area contributed by atoms with Crippen molar-refractivity contribution >= 4 is 17.8 Å². The number of aromatic nitrogens is 2. The third-order valence-corrected chi connectivity index (χ3v) is 4.57. The van der Waals surface area contributed by atoms with Crippen molar-refractivity contribution in [3.05, 3.63) is 41.6 Å². The molecule has 1 saturated heterocycles. The predicted molar refractivity (Wildman–Crippen MR) is 89.0 cm³/mol. The topological polar surface area (TPSA) is 118 Å². The van der Waals surface area contributed by atoms with Crippen molar-refractivity contribution in [1.82, 2.24) is 20.0 Å². The van der Waals surface area contributed by atoms with E-state index in [4.69, 9.17) is 9.52 Å². The summed E-state index contributed by atoms with van der Waals surface area (Å²) in [5.41, 5.74) is 0.800. The Morgan fingerprint density at radius 1 is 1.38 bits per heavy atom. The number of nitrogens with one attached hydrogen (secondary N) is 1. The van der Waals surface area contributed by atoms with Gasteiger partial charge in [-0.25, -0.2) is 4.79 Å². The summed E-state index contributed by atoms with van der Waals surface area (Å²) >= 11 is 0. The molecule has 9 heteroatoms. The van der Waals surface area contributed by atoms with E-state index in [0.29, 0.717) is 18.6 Å². The zero-order valence-corrected chi connectivity index (χ0v) is 14.5. The lowest BCUT2D eigenvalue weighted by atomic mass is 9.85. The van der Waals surface area contributed by atoms with Gasteiger partial charge < -0.3 is 19.7 Å². The molecule has 0 radical (unpaired) electrons. The average Bonchev–Trinajstić information content (AvgIpc) is 3.24. The third kappa shape index (κ3) is 3.46. The fraction of sp³-hybridized carbons (Fsp3) is 0.412. The van der Waals surface area contributed by atoms with Crippen molar-refractivity contribution in [2.75, 3.05) is 7.05 Å². The second kappa shape index (κ2) is 7.03. The molecular formula is C17H20N4O5. The first-order valence-corrected chi connectivity index (χ1v) is 8.20. The first-order valence-electron chi connectivity index (χ1n) is 8.20. The molecule has 9 nitrogen and oxygen atoms in total. The van der Waals surface area contributed by atoms with E-state index in [0.717, 1.165) is 5.56 Å². The number of aromatic carboxylic acids is 1. The number of amides is 2. The molecular weight excluding hydrogens is 340 g/mol. The number of furan rings is 1. The predicted octanol–water partition coefficient (Wildman–Crippen LogP) is 0.937. The second-order valence-electron chi connectivity index (χ2n) is 6.33. The molecule has 2 aromatic rings. The van der Waals surface area contributed by atoms with Crippen LogP contribution in [0.1, 0.15) is 40.8 Å². The maximum atomic E-state index is 12.7. The van der Waals surface area contributed by atoms with Crippen molar-refractivity contribution in [2.45, 2.75) is 25.4 Å². The molecule has 26 heavy (non-hydrogen) atoms. The molecule has 2 aromatic heterocycles. The molecule has 0 unspecified atom stereocenters. The van der Waals surface area contributed by atoms with Crippen LogP contribution in [0.25, 0.3) is 0 Å². The van der Waals surface area contributed by atoms with E-state index in [1.165, 1.54) is 12.1 Å². The van der Waals surface area contributed by atoms with Crippen LogP contribution in [0.2, 0.25) is 0 Å². The Kier molecular flexibility index (Phi) is 4.79. The van der Waals surface area contributed by atoms with E-state index < -0.39 is 17.9 Å². The molecule has 2 amide bonds. The molecule has 0 saturated carbocycles. The Bertz CT molecular complexity index is 840. The molecule has 0 bridgehead atoms. The zero-order valence-electron chi connectivity index (χ0n) is 14.5. The minimum atomic E-state index is -1.16. The van der Waals surface area contributed by atoms with Crippen LogP contribution >= 0.6 is 0 Å². The van der Waals surface area contributed by atoms with Crippen molar-refractivity contribution in [3.63, 3.8) is 0 Å². The van der Waals surface area contributed by atoms with Gasteiger partial charge in [-0.1, -0.05) is 0 Å². The van der Waals surface area contributed by atoms with Crippen LogP contribution in [-0.4, -0.2) is 44.6 Å². The highest BCUT2D eigenvalue weighted by atomic mass is 16.4. The molecule has 1 aliphatic heterocycles. The van der Waals surface area contributed by atoms with E-state index in [9.17, 15) is 14.4 Å². The minimum Gasteiger partial charge on any atom is -0.475 e. The van der Waals surface area contributed by atoms with Gasteiger partial charge in [-0.3, -0.25) is 14.3 Å². The number of carboxylic acid groups (broad SMARTS) is 1. The summed E-state index contributed by atoms with van der Waals surface area (Å²) in [7, 11) is 3.46. The van der Waals surface area contributed by atoms with E-state index in [1.54, 1.807) is 36.1 Å². The standard InChI is InChI=1S/C17H20N4O5/c1-20-9-10(7-19-20)15-12(4-6-14(22)21(15)2)16(23)18-8-11-3-5-13(26-11)17(24)25/h3,5,7,9,12,15H,4,6,8H2,1-2H3,(H,18,23)(H,24,25)/t12-,15-/m0/s1. The Labute approximate surface area is 149 Å². The quantitative estimate of drug-likeness (QED) is 0.819. The number of carboxylic acids is 1. The Morgan fingerprint density at radius 3 is 2.77 bits per heavy atom. The SMILES string of the molecule is CN1C(=O)CC[C@H](C(=O)NCc2ccc(C(=O)O)o2)[C@@H]1c1cnn(C)c1. The maximum Gasteiger partial charge on any atom is 0.371 e. The smallest absolute Gasteiger partial charge is 0.371 e. The van der Waals surface area contributed by atoms with Gasteiger partial charge in [0.05, 0.1) is 24.7 Å². The lowest BCUT2D eigenvalue weighted by Gasteiger charge is -2.37. The number of carbonyl (C=O) groups excluding carboxylic acids is 2.